The van der Waals surface area contributed by atoms with Gasteiger partial charge in [-0.2, -0.15) is 0 Å². The molecule has 1 saturated carbocycles. The molecule has 0 unspecified atom stereocenters. The summed E-state index contributed by atoms with van der Waals surface area (Å²) in [6.07, 6.45) is 9.87. The molecule has 1 aromatic carbocycles. The summed E-state index contributed by atoms with van der Waals surface area (Å²) >= 11 is 6.28. The van der Waals surface area contributed by atoms with Crippen LogP contribution in [-0.4, -0.2) is 27.5 Å². The van der Waals surface area contributed by atoms with E-state index in [1.807, 2.05) is 34.9 Å². The highest BCUT2D eigenvalue weighted by atomic mass is 35.5. The highest BCUT2D eigenvalue weighted by Gasteiger charge is 2.20. The minimum absolute atomic E-state index is 0.411. The lowest BCUT2D eigenvalue weighted by Gasteiger charge is -2.24. The Labute approximate surface area is 152 Å². The van der Waals surface area contributed by atoms with Crippen molar-refractivity contribution in [1.29, 1.82) is 0 Å². The SMILES string of the molecule is COc1ccc(-c2nc3c(Cl)nccn3c2NC2CCCCC2)cc1. The smallest absolute Gasteiger partial charge is 0.177 e. The van der Waals surface area contributed by atoms with E-state index >= 15 is 0 Å². The number of nitrogens with one attached hydrogen (secondary N) is 1. The Morgan fingerprint density at radius 1 is 1.16 bits per heavy atom. The Morgan fingerprint density at radius 3 is 2.64 bits per heavy atom. The van der Waals surface area contributed by atoms with E-state index in [-0.39, 0.29) is 0 Å². The first-order chi connectivity index (χ1) is 12.3. The van der Waals surface area contributed by atoms with Crippen LogP contribution in [0.25, 0.3) is 16.9 Å². The molecule has 4 rings (SSSR count). The summed E-state index contributed by atoms with van der Waals surface area (Å²) in [5, 5.41) is 4.12. The fourth-order valence-corrected chi connectivity index (χ4v) is 3.66. The lowest BCUT2D eigenvalue weighted by Crippen LogP contribution is -2.23. The van der Waals surface area contributed by atoms with Gasteiger partial charge in [-0.05, 0) is 37.1 Å². The highest BCUT2D eigenvalue weighted by Crippen LogP contribution is 2.33. The van der Waals surface area contributed by atoms with Crippen LogP contribution in [-0.2, 0) is 0 Å². The van der Waals surface area contributed by atoms with Crippen molar-refractivity contribution in [2.75, 3.05) is 12.4 Å². The van der Waals surface area contributed by atoms with Gasteiger partial charge in [0.2, 0.25) is 0 Å². The van der Waals surface area contributed by atoms with Gasteiger partial charge < -0.3 is 10.1 Å². The second-order valence-electron chi connectivity index (χ2n) is 6.43. The highest BCUT2D eigenvalue weighted by molar-refractivity contribution is 6.32. The van der Waals surface area contributed by atoms with Gasteiger partial charge in [0.05, 0.1) is 7.11 Å². The third-order valence-corrected chi connectivity index (χ3v) is 5.08. The molecule has 1 fully saturated rings. The van der Waals surface area contributed by atoms with Crippen LogP contribution >= 0.6 is 11.6 Å². The molecular formula is C19H21ClN4O. The fourth-order valence-electron chi connectivity index (χ4n) is 3.47. The van der Waals surface area contributed by atoms with Crippen LogP contribution in [0.15, 0.2) is 36.7 Å². The molecule has 1 N–H and O–H groups in total. The molecule has 0 saturated heterocycles. The van der Waals surface area contributed by atoms with Crippen molar-refractivity contribution in [2.45, 2.75) is 38.1 Å². The molecule has 130 valence electrons. The van der Waals surface area contributed by atoms with Crippen molar-refractivity contribution < 1.29 is 4.74 Å². The zero-order valence-electron chi connectivity index (χ0n) is 14.2. The maximum Gasteiger partial charge on any atom is 0.177 e. The number of aromatic nitrogens is 3. The summed E-state index contributed by atoms with van der Waals surface area (Å²) in [7, 11) is 1.67. The number of fused-ring (bicyclic) bond motifs is 1. The maximum absolute atomic E-state index is 6.28. The topological polar surface area (TPSA) is 51.5 Å². The Hall–Kier alpha value is -2.27. The number of ether oxygens (including phenoxy) is 1. The van der Waals surface area contributed by atoms with Gasteiger partial charge in [0.1, 0.15) is 17.3 Å². The summed E-state index contributed by atoms with van der Waals surface area (Å²) in [5.41, 5.74) is 2.59. The van der Waals surface area contributed by atoms with E-state index in [9.17, 15) is 0 Å². The molecule has 2 heterocycles. The van der Waals surface area contributed by atoms with Crippen LogP contribution < -0.4 is 10.1 Å². The molecule has 0 atom stereocenters. The van der Waals surface area contributed by atoms with Gasteiger partial charge in [0, 0.05) is 24.0 Å². The monoisotopic (exact) mass is 356 g/mol. The molecule has 0 amide bonds. The maximum atomic E-state index is 6.28. The zero-order valence-corrected chi connectivity index (χ0v) is 15.0. The van der Waals surface area contributed by atoms with E-state index < -0.39 is 0 Å². The van der Waals surface area contributed by atoms with Gasteiger partial charge in [-0.3, -0.25) is 4.40 Å². The summed E-state index contributed by atoms with van der Waals surface area (Å²) in [6, 6.07) is 8.41. The summed E-state index contributed by atoms with van der Waals surface area (Å²) in [4.78, 5) is 8.93. The van der Waals surface area contributed by atoms with Crippen LogP contribution in [0.1, 0.15) is 32.1 Å². The normalized spacial score (nSPS) is 15.4. The molecule has 0 bridgehead atoms. The Morgan fingerprint density at radius 2 is 1.92 bits per heavy atom. The number of methoxy groups -OCH3 is 1. The lowest BCUT2D eigenvalue weighted by molar-refractivity contribution is 0.415. The lowest BCUT2D eigenvalue weighted by atomic mass is 9.95. The molecule has 25 heavy (non-hydrogen) atoms. The standard InChI is InChI=1S/C19H21ClN4O/c1-25-15-9-7-13(8-10-15)16-18(22-14-5-3-2-4-6-14)24-12-11-21-17(20)19(24)23-16/h7-12,14,22H,2-6H2,1H3. The van der Waals surface area contributed by atoms with Crippen molar-refractivity contribution in [3.63, 3.8) is 0 Å². The van der Waals surface area contributed by atoms with E-state index in [1.54, 1.807) is 13.3 Å². The minimum atomic E-state index is 0.411. The molecule has 6 heteroatoms. The van der Waals surface area contributed by atoms with E-state index in [0.29, 0.717) is 16.8 Å². The predicted octanol–water partition coefficient (Wildman–Crippen LogP) is 4.80. The van der Waals surface area contributed by atoms with Crippen LogP contribution in [0.3, 0.4) is 0 Å². The van der Waals surface area contributed by atoms with Crippen LogP contribution in [0.2, 0.25) is 5.15 Å². The number of anilines is 1. The van der Waals surface area contributed by atoms with Crippen LogP contribution in [0.5, 0.6) is 5.75 Å². The predicted molar refractivity (Wildman–Crippen MR) is 100 cm³/mol. The van der Waals surface area contributed by atoms with Gasteiger partial charge in [-0.15, -0.1) is 0 Å². The average Bonchev–Trinajstić information content (AvgIpc) is 3.03. The Kier molecular flexibility index (Phi) is 4.49. The fraction of sp³-hybridized carbons (Fsp3) is 0.368. The molecule has 1 aliphatic carbocycles. The van der Waals surface area contributed by atoms with E-state index in [4.69, 9.17) is 21.3 Å². The molecule has 2 aromatic heterocycles. The summed E-state index contributed by atoms with van der Waals surface area (Å²) < 4.78 is 7.27. The number of benzene rings is 1. The quantitative estimate of drug-likeness (QED) is 0.729. The van der Waals surface area contributed by atoms with Crippen molar-refractivity contribution in [3.8, 4) is 17.0 Å². The van der Waals surface area contributed by atoms with E-state index in [2.05, 4.69) is 10.3 Å². The van der Waals surface area contributed by atoms with Gasteiger partial charge >= 0.3 is 0 Å². The number of rotatable bonds is 4. The minimum Gasteiger partial charge on any atom is -0.497 e. The number of hydrogen-bond donors (Lipinski definition) is 1. The number of halogens is 1. The van der Waals surface area contributed by atoms with Gasteiger partial charge in [-0.1, -0.05) is 30.9 Å². The first kappa shape index (κ1) is 16.2. The Bertz CT molecular complexity index is 869. The number of imidazole rings is 1. The second-order valence-corrected chi connectivity index (χ2v) is 6.79. The molecule has 0 aliphatic heterocycles. The van der Waals surface area contributed by atoms with Gasteiger partial charge in [0.25, 0.3) is 0 Å². The number of nitrogens with zero attached hydrogens (tertiary/aromatic N) is 3. The van der Waals surface area contributed by atoms with E-state index in [0.717, 1.165) is 22.8 Å². The zero-order chi connectivity index (χ0) is 17.2. The number of hydrogen-bond acceptors (Lipinski definition) is 4. The largest absolute Gasteiger partial charge is 0.497 e. The third-order valence-electron chi connectivity index (χ3n) is 4.81. The van der Waals surface area contributed by atoms with Crippen molar-refractivity contribution in [3.05, 3.63) is 41.8 Å². The second kappa shape index (κ2) is 6.92. The first-order valence-corrected chi connectivity index (χ1v) is 9.07. The van der Waals surface area contributed by atoms with Crippen LogP contribution in [0.4, 0.5) is 5.82 Å². The van der Waals surface area contributed by atoms with Crippen molar-refractivity contribution >= 4 is 23.1 Å². The molecule has 0 spiro atoms. The molecular weight excluding hydrogens is 336 g/mol. The van der Waals surface area contributed by atoms with Crippen LogP contribution in [0, 0.1) is 0 Å². The van der Waals surface area contributed by atoms with Gasteiger partial charge in [0.15, 0.2) is 10.8 Å². The molecule has 1 aliphatic rings. The van der Waals surface area contributed by atoms with E-state index in [1.165, 1.54) is 32.1 Å². The third kappa shape index (κ3) is 3.16. The first-order valence-electron chi connectivity index (χ1n) is 8.70. The Balaban J connectivity index is 1.80. The summed E-state index contributed by atoms with van der Waals surface area (Å²) in [5.74, 6) is 1.81. The molecule has 3 aromatic rings. The molecule has 5 nitrogen and oxygen atoms in total. The summed E-state index contributed by atoms with van der Waals surface area (Å²) in [6.45, 7) is 0. The van der Waals surface area contributed by atoms with Crippen molar-refractivity contribution in [2.24, 2.45) is 0 Å². The van der Waals surface area contributed by atoms with Gasteiger partial charge in [-0.25, -0.2) is 9.97 Å². The molecule has 0 radical (unpaired) electrons. The average molecular weight is 357 g/mol. The van der Waals surface area contributed by atoms with Crippen molar-refractivity contribution in [1.82, 2.24) is 14.4 Å².